The van der Waals surface area contributed by atoms with Crippen molar-refractivity contribution in [1.29, 1.82) is 0 Å². The molecule has 2 aromatic rings. The second kappa shape index (κ2) is 7.21. The van der Waals surface area contributed by atoms with Crippen molar-refractivity contribution in [3.8, 4) is 5.75 Å². The molecule has 0 aliphatic carbocycles. The normalized spacial score (nSPS) is 10.7. The van der Waals surface area contributed by atoms with E-state index in [4.69, 9.17) is 4.74 Å². The number of benzene rings is 1. The summed E-state index contributed by atoms with van der Waals surface area (Å²) >= 11 is 0. The number of aromatic nitrogens is 1. The van der Waals surface area contributed by atoms with Crippen LogP contribution in [0.3, 0.4) is 0 Å². The van der Waals surface area contributed by atoms with Gasteiger partial charge in [0.15, 0.2) is 0 Å². The average molecular weight is 286 g/mol. The van der Waals surface area contributed by atoms with Gasteiger partial charge in [0.25, 0.3) is 0 Å². The van der Waals surface area contributed by atoms with Crippen molar-refractivity contribution in [3.63, 3.8) is 0 Å². The van der Waals surface area contributed by atoms with E-state index in [1.54, 1.807) is 0 Å². The van der Waals surface area contributed by atoms with Crippen molar-refractivity contribution in [3.05, 3.63) is 47.3 Å². The van der Waals surface area contributed by atoms with E-state index in [0.717, 1.165) is 37.6 Å². The third-order valence-electron chi connectivity index (χ3n) is 3.78. The zero-order chi connectivity index (χ0) is 15.2. The standard InChI is InChI=1S/C18H26N2O/c1-5-10-21-18-9-7-8-17(12-18)19-13-16-11-14(3)20(6-2)15(16)4/h7-9,11-12,19H,5-6,10,13H2,1-4H3. The number of rotatable bonds is 7. The first-order valence-corrected chi connectivity index (χ1v) is 7.78. The van der Waals surface area contributed by atoms with E-state index >= 15 is 0 Å². The van der Waals surface area contributed by atoms with Crippen LogP contribution in [-0.2, 0) is 13.1 Å². The highest BCUT2D eigenvalue weighted by Gasteiger charge is 2.07. The lowest BCUT2D eigenvalue weighted by Crippen LogP contribution is -2.03. The van der Waals surface area contributed by atoms with E-state index < -0.39 is 0 Å². The first-order valence-electron chi connectivity index (χ1n) is 7.78. The molecule has 3 nitrogen and oxygen atoms in total. The van der Waals surface area contributed by atoms with Gasteiger partial charge in [-0.05, 0) is 51.0 Å². The van der Waals surface area contributed by atoms with Crippen molar-refractivity contribution < 1.29 is 4.74 Å². The molecule has 21 heavy (non-hydrogen) atoms. The minimum absolute atomic E-state index is 0.765. The highest BCUT2D eigenvalue weighted by molar-refractivity contribution is 5.49. The van der Waals surface area contributed by atoms with Crippen molar-refractivity contribution in [2.45, 2.75) is 47.2 Å². The van der Waals surface area contributed by atoms with Gasteiger partial charge in [0.05, 0.1) is 6.61 Å². The van der Waals surface area contributed by atoms with Gasteiger partial charge in [-0.3, -0.25) is 0 Å². The highest BCUT2D eigenvalue weighted by Crippen LogP contribution is 2.20. The fourth-order valence-electron chi connectivity index (χ4n) is 2.65. The van der Waals surface area contributed by atoms with Crippen molar-refractivity contribution in [1.82, 2.24) is 4.57 Å². The van der Waals surface area contributed by atoms with E-state index in [9.17, 15) is 0 Å². The van der Waals surface area contributed by atoms with Crippen molar-refractivity contribution >= 4 is 5.69 Å². The van der Waals surface area contributed by atoms with E-state index in [0.29, 0.717) is 0 Å². The zero-order valence-corrected chi connectivity index (χ0v) is 13.6. The number of anilines is 1. The first-order chi connectivity index (χ1) is 10.2. The molecular weight excluding hydrogens is 260 g/mol. The number of nitrogens with zero attached hydrogens (tertiary/aromatic N) is 1. The fourth-order valence-corrected chi connectivity index (χ4v) is 2.65. The van der Waals surface area contributed by atoms with Gasteiger partial charge in [-0.1, -0.05) is 13.0 Å². The van der Waals surface area contributed by atoms with Crippen LogP contribution in [0.2, 0.25) is 0 Å². The highest BCUT2D eigenvalue weighted by atomic mass is 16.5. The molecule has 0 spiro atoms. The molecule has 0 unspecified atom stereocenters. The monoisotopic (exact) mass is 286 g/mol. The van der Waals surface area contributed by atoms with E-state index in [1.807, 2.05) is 12.1 Å². The number of hydrogen-bond donors (Lipinski definition) is 1. The summed E-state index contributed by atoms with van der Waals surface area (Å²) in [6, 6.07) is 10.4. The minimum Gasteiger partial charge on any atom is -0.494 e. The molecule has 1 N–H and O–H groups in total. The van der Waals surface area contributed by atoms with Crippen LogP contribution in [-0.4, -0.2) is 11.2 Å². The number of ether oxygens (including phenoxy) is 1. The molecular formula is C18H26N2O. The third kappa shape index (κ3) is 3.81. The predicted octanol–water partition coefficient (Wildman–Crippen LogP) is 4.53. The summed E-state index contributed by atoms with van der Waals surface area (Å²) in [5, 5.41) is 3.49. The second-order valence-corrected chi connectivity index (χ2v) is 5.37. The minimum atomic E-state index is 0.765. The Hall–Kier alpha value is -1.90. The Bertz CT molecular complexity index is 587. The van der Waals surface area contributed by atoms with Crippen LogP contribution in [0.25, 0.3) is 0 Å². The lowest BCUT2D eigenvalue weighted by molar-refractivity contribution is 0.317. The van der Waals surface area contributed by atoms with Crippen LogP contribution < -0.4 is 10.1 Å². The molecule has 0 radical (unpaired) electrons. The summed E-state index contributed by atoms with van der Waals surface area (Å²) in [6.45, 7) is 11.3. The van der Waals surface area contributed by atoms with Crippen LogP contribution in [0.1, 0.15) is 37.2 Å². The van der Waals surface area contributed by atoms with Crippen molar-refractivity contribution in [2.75, 3.05) is 11.9 Å². The molecule has 1 heterocycles. The van der Waals surface area contributed by atoms with Gasteiger partial charge in [-0.15, -0.1) is 0 Å². The number of nitrogens with one attached hydrogen (secondary N) is 1. The maximum absolute atomic E-state index is 5.67. The molecule has 0 atom stereocenters. The average Bonchev–Trinajstić information content (AvgIpc) is 2.77. The molecule has 0 amide bonds. The summed E-state index contributed by atoms with van der Waals surface area (Å²) in [5.41, 5.74) is 5.13. The topological polar surface area (TPSA) is 26.2 Å². The Morgan fingerprint density at radius 3 is 2.62 bits per heavy atom. The van der Waals surface area contributed by atoms with Gasteiger partial charge in [0, 0.05) is 36.2 Å². The molecule has 2 rings (SSSR count). The van der Waals surface area contributed by atoms with Gasteiger partial charge in [-0.2, -0.15) is 0 Å². The van der Waals surface area contributed by atoms with Crippen molar-refractivity contribution in [2.24, 2.45) is 0 Å². The summed E-state index contributed by atoms with van der Waals surface area (Å²) in [4.78, 5) is 0. The largest absolute Gasteiger partial charge is 0.494 e. The lowest BCUT2D eigenvalue weighted by atomic mass is 10.2. The first kappa shape index (κ1) is 15.5. The Labute approximate surface area is 127 Å². The molecule has 0 fully saturated rings. The SMILES string of the molecule is CCCOc1cccc(NCc2cc(C)n(CC)c2C)c1. The van der Waals surface area contributed by atoms with E-state index in [1.165, 1.54) is 17.0 Å². The van der Waals surface area contributed by atoms with Gasteiger partial charge >= 0.3 is 0 Å². The molecule has 0 bridgehead atoms. The van der Waals surface area contributed by atoms with E-state index in [2.05, 4.69) is 55.8 Å². The van der Waals surface area contributed by atoms with Crippen LogP contribution in [0.4, 0.5) is 5.69 Å². The maximum atomic E-state index is 5.67. The summed E-state index contributed by atoms with van der Waals surface area (Å²) in [7, 11) is 0. The van der Waals surface area contributed by atoms with Gasteiger partial charge in [-0.25, -0.2) is 0 Å². The summed E-state index contributed by atoms with van der Waals surface area (Å²) in [5.74, 6) is 0.931. The quantitative estimate of drug-likeness (QED) is 0.809. The van der Waals surface area contributed by atoms with Crippen LogP contribution in [0, 0.1) is 13.8 Å². The maximum Gasteiger partial charge on any atom is 0.121 e. The summed E-state index contributed by atoms with van der Waals surface area (Å²) in [6.07, 6.45) is 1.03. The second-order valence-electron chi connectivity index (χ2n) is 5.37. The number of hydrogen-bond acceptors (Lipinski definition) is 2. The van der Waals surface area contributed by atoms with Gasteiger partial charge in [0.1, 0.15) is 5.75 Å². The molecule has 114 valence electrons. The smallest absolute Gasteiger partial charge is 0.121 e. The van der Waals surface area contributed by atoms with Gasteiger partial charge < -0.3 is 14.6 Å². The van der Waals surface area contributed by atoms with Crippen LogP contribution >= 0.6 is 0 Å². The Morgan fingerprint density at radius 1 is 1.14 bits per heavy atom. The summed E-state index contributed by atoms with van der Waals surface area (Å²) < 4.78 is 8.01. The Balaban J connectivity index is 2.03. The zero-order valence-electron chi connectivity index (χ0n) is 13.6. The molecule has 3 heteroatoms. The molecule has 0 aliphatic heterocycles. The van der Waals surface area contributed by atoms with E-state index in [-0.39, 0.29) is 0 Å². The Morgan fingerprint density at radius 2 is 1.95 bits per heavy atom. The Kier molecular flexibility index (Phi) is 5.32. The van der Waals surface area contributed by atoms with Crippen LogP contribution in [0.5, 0.6) is 5.75 Å². The predicted molar refractivity (Wildman–Crippen MR) is 89.1 cm³/mol. The molecule has 1 aromatic carbocycles. The third-order valence-corrected chi connectivity index (χ3v) is 3.78. The molecule has 1 aromatic heterocycles. The van der Waals surface area contributed by atoms with Crippen LogP contribution in [0.15, 0.2) is 30.3 Å². The lowest BCUT2D eigenvalue weighted by Gasteiger charge is -2.10. The number of aryl methyl sites for hydroxylation is 1. The molecule has 0 saturated carbocycles. The van der Waals surface area contributed by atoms with Gasteiger partial charge in [0.2, 0.25) is 0 Å². The molecule has 0 saturated heterocycles. The molecule has 0 aliphatic rings. The fraction of sp³-hybridized carbons (Fsp3) is 0.444.